The number of terminal acetylenes is 1. The third-order valence-corrected chi connectivity index (χ3v) is 12.7. The highest BCUT2D eigenvalue weighted by atomic mass is 28.4. The Balaban J connectivity index is 1.69. The Morgan fingerprint density at radius 3 is 1.63 bits per heavy atom. The van der Waals surface area contributed by atoms with Gasteiger partial charge in [0.25, 0.3) is 0 Å². The van der Waals surface area contributed by atoms with E-state index in [0.717, 1.165) is 16.7 Å². The van der Waals surface area contributed by atoms with Crippen molar-refractivity contribution in [3.8, 4) is 12.3 Å². The lowest BCUT2D eigenvalue weighted by Crippen LogP contribution is -2.51. The van der Waals surface area contributed by atoms with Crippen molar-refractivity contribution in [3.63, 3.8) is 0 Å². The Morgan fingerprint density at radius 1 is 0.829 bits per heavy atom. The summed E-state index contributed by atoms with van der Waals surface area (Å²) in [5.74, 6) is 1.85. The first-order valence-electron chi connectivity index (χ1n) is 14.3. The predicted molar refractivity (Wildman–Crippen MR) is 166 cm³/mol. The molecule has 1 unspecified atom stereocenters. The van der Waals surface area contributed by atoms with E-state index in [-0.39, 0.29) is 11.6 Å². The number of rotatable bonds is 10. The smallest absolute Gasteiger partial charge is 0.193 e. The summed E-state index contributed by atoms with van der Waals surface area (Å²) in [5, 5.41) is 11.7. The molecule has 1 fully saturated rings. The lowest BCUT2D eigenvalue weighted by molar-refractivity contribution is -0.163. The number of hydrogen-bond donors (Lipinski definition) is 1. The van der Waals surface area contributed by atoms with Crippen LogP contribution in [0.3, 0.4) is 0 Å². The second-order valence-electron chi connectivity index (χ2n) is 12.7. The van der Waals surface area contributed by atoms with E-state index in [1.165, 1.54) is 0 Å². The second kappa shape index (κ2) is 12.2. The largest absolute Gasteiger partial charge is 0.401 e. The summed E-state index contributed by atoms with van der Waals surface area (Å²) in [7, 11) is -2.24. The van der Waals surface area contributed by atoms with Crippen LogP contribution in [0.4, 0.5) is 0 Å². The molecule has 0 aromatic heterocycles. The predicted octanol–water partition coefficient (Wildman–Crippen LogP) is 6.90. The molecule has 4 rings (SSSR count). The van der Waals surface area contributed by atoms with Gasteiger partial charge in [-0.05, 0) is 48.7 Å². The number of hydrogen-bond acceptors (Lipinski definition) is 5. The first-order valence-corrected chi connectivity index (χ1v) is 17.2. The van der Waals surface area contributed by atoms with Crippen molar-refractivity contribution in [1.82, 2.24) is 0 Å². The zero-order chi connectivity index (χ0) is 29.9. The first-order chi connectivity index (χ1) is 19.3. The minimum absolute atomic E-state index is 0.0311. The van der Waals surface area contributed by atoms with Crippen molar-refractivity contribution >= 4 is 8.32 Å². The Morgan fingerprint density at radius 2 is 1.24 bits per heavy atom. The minimum atomic E-state index is -2.24. The number of ether oxygens (including phenoxy) is 3. The minimum Gasteiger partial charge on any atom is -0.401 e. The SMILES string of the molecule is C#CC(O[Si](C)(C)C(C)(C)C)[C@@H]1OC(C)(C)O[C@@H]1[C@H](O)COC(c1ccccc1)(c1ccccc1)c1ccccc1. The Labute approximate surface area is 246 Å². The molecule has 1 saturated heterocycles. The van der Waals surface area contributed by atoms with Crippen molar-refractivity contribution < 1.29 is 23.7 Å². The summed E-state index contributed by atoms with van der Waals surface area (Å²) < 4.78 is 26.1. The highest BCUT2D eigenvalue weighted by Crippen LogP contribution is 2.42. The summed E-state index contributed by atoms with van der Waals surface area (Å²) in [6.07, 6.45) is 2.88. The van der Waals surface area contributed by atoms with Crippen molar-refractivity contribution in [2.45, 2.75) is 88.6 Å². The average Bonchev–Trinajstić information content (AvgIpc) is 3.28. The summed E-state index contributed by atoms with van der Waals surface area (Å²) >= 11 is 0. The molecule has 1 N–H and O–H groups in total. The molecule has 218 valence electrons. The van der Waals surface area contributed by atoms with Crippen LogP contribution >= 0.6 is 0 Å². The van der Waals surface area contributed by atoms with Gasteiger partial charge < -0.3 is 23.7 Å². The van der Waals surface area contributed by atoms with Crippen molar-refractivity contribution in [1.29, 1.82) is 0 Å². The molecular weight excluding hydrogens is 528 g/mol. The van der Waals surface area contributed by atoms with Crippen LogP contribution in [0, 0.1) is 12.3 Å². The molecule has 0 radical (unpaired) electrons. The summed E-state index contributed by atoms with van der Waals surface area (Å²) in [4.78, 5) is 0. The molecule has 0 saturated carbocycles. The van der Waals surface area contributed by atoms with Crippen molar-refractivity contribution in [2.24, 2.45) is 0 Å². The van der Waals surface area contributed by atoms with E-state index in [1.54, 1.807) is 0 Å². The molecule has 3 aromatic rings. The van der Waals surface area contributed by atoms with Crippen LogP contribution in [-0.4, -0.2) is 50.2 Å². The van der Waals surface area contributed by atoms with Gasteiger partial charge in [0.1, 0.15) is 30.0 Å². The lowest BCUT2D eigenvalue weighted by Gasteiger charge is -2.40. The van der Waals surface area contributed by atoms with Crippen LogP contribution < -0.4 is 0 Å². The molecule has 1 heterocycles. The number of aliphatic hydroxyl groups excluding tert-OH is 1. The Bertz CT molecular complexity index is 1200. The molecule has 0 bridgehead atoms. The summed E-state index contributed by atoms with van der Waals surface area (Å²) in [6.45, 7) is 14.4. The van der Waals surface area contributed by atoms with E-state index >= 15 is 0 Å². The van der Waals surface area contributed by atoms with Crippen LogP contribution in [0.25, 0.3) is 0 Å². The van der Waals surface area contributed by atoms with E-state index in [0.29, 0.717) is 0 Å². The lowest BCUT2D eigenvalue weighted by atomic mass is 9.80. The van der Waals surface area contributed by atoms with Gasteiger partial charge in [-0.2, -0.15) is 0 Å². The first kappa shape index (κ1) is 31.2. The molecule has 41 heavy (non-hydrogen) atoms. The van der Waals surface area contributed by atoms with E-state index in [1.807, 2.05) is 68.4 Å². The molecule has 0 spiro atoms. The maximum atomic E-state index is 11.7. The van der Waals surface area contributed by atoms with Crippen LogP contribution in [-0.2, 0) is 24.2 Å². The molecule has 1 aliphatic rings. The fourth-order valence-corrected chi connectivity index (χ4v) is 6.30. The Kier molecular flexibility index (Phi) is 9.30. The van der Waals surface area contributed by atoms with Crippen LogP contribution in [0.2, 0.25) is 18.1 Å². The molecule has 6 heteroatoms. The van der Waals surface area contributed by atoms with Gasteiger partial charge in [-0.15, -0.1) is 6.42 Å². The molecule has 3 aromatic carbocycles. The van der Waals surface area contributed by atoms with Crippen molar-refractivity contribution in [2.75, 3.05) is 6.61 Å². The normalized spacial score (nSPS) is 20.8. The summed E-state index contributed by atoms with van der Waals surface area (Å²) in [5.41, 5.74) is 1.88. The van der Waals surface area contributed by atoms with Crippen molar-refractivity contribution in [3.05, 3.63) is 108 Å². The van der Waals surface area contributed by atoms with Crippen LogP contribution in [0.5, 0.6) is 0 Å². The van der Waals surface area contributed by atoms with E-state index in [4.69, 9.17) is 25.1 Å². The van der Waals surface area contributed by atoms with Gasteiger partial charge in [0, 0.05) is 0 Å². The van der Waals surface area contributed by atoms with E-state index in [2.05, 4.69) is 76.2 Å². The fraction of sp³-hybridized carbons (Fsp3) is 0.429. The van der Waals surface area contributed by atoms with E-state index in [9.17, 15) is 5.11 Å². The zero-order valence-electron chi connectivity index (χ0n) is 25.3. The zero-order valence-corrected chi connectivity index (χ0v) is 26.3. The van der Waals surface area contributed by atoms with Gasteiger partial charge in [-0.1, -0.05) is 118 Å². The van der Waals surface area contributed by atoms with E-state index < -0.39 is 44.1 Å². The molecule has 1 aliphatic heterocycles. The third-order valence-electron chi connectivity index (χ3n) is 8.24. The van der Waals surface area contributed by atoms with Gasteiger partial charge in [0.05, 0.1) is 6.61 Å². The summed E-state index contributed by atoms with van der Waals surface area (Å²) in [6, 6.07) is 30.2. The number of aliphatic hydroxyl groups is 1. The number of benzene rings is 3. The van der Waals surface area contributed by atoms with Gasteiger partial charge in [-0.25, -0.2) is 0 Å². The molecular formula is C35H44O5Si. The highest BCUT2D eigenvalue weighted by molar-refractivity contribution is 6.74. The van der Waals surface area contributed by atoms with Gasteiger partial charge >= 0.3 is 0 Å². The monoisotopic (exact) mass is 572 g/mol. The highest BCUT2D eigenvalue weighted by Gasteiger charge is 2.51. The average molecular weight is 573 g/mol. The quantitative estimate of drug-likeness (QED) is 0.163. The maximum Gasteiger partial charge on any atom is 0.193 e. The third kappa shape index (κ3) is 6.67. The topological polar surface area (TPSA) is 57.2 Å². The van der Waals surface area contributed by atoms with Crippen LogP contribution in [0.15, 0.2) is 91.0 Å². The van der Waals surface area contributed by atoms with Gasteiger partial charge in [-0.3, -0.25) is 0 Å². The molecule has 0 aliphatic carbocycles. The molecule has 5 nitrogen and oxygen atoms in total. The van der Waals surface area contributed by atoms with Gasteiger partial charge in [0.15, 0.2) is 14.1 Å². The Hall–Kier alpha value is -2.76. The van der Waals surface area contributed by atoms with Crippen LogP contribution in [0.1, 0.15) is 51.3 Å². The standard InChI is InChI=1S/C35H44O5Si/c1-9-30(40-41(7,8)33(2,3)4)32-31(38-34(5,6)39-32)29(36)25-37-35(26-19-13-10-14-20-26,27-21-15-11-16-22-27)28-23-17-12-18-24-28/h1,10-24,29-32,36H,25H2,2-8H3/t29-,30?,31-,32+/m1/s1. The second-order valence-corrected chi connectivity index (χ2v) is 17.4. The molecule has 4 atom stereocenters. The maximum absolute atomic E-state index is 11.7. The molecule has 0 amide bonds. The fourth-order valence-electron chi connectivity index (χ4n) is 5.11. The van der Waals surface area contributed by atoms with Gasteiger partial charge in [0.2, 0.25) is 0 Å².